The summed E-state index contributed by atoms with van der Waals surface area (Å²) in [6.07, 6.45) is 5.70. The van der Waals surface area contributed by atoms with Gasteiger partial charge >= 0.3 is 0 Å². The van der Waals surface area contributed by atoms with Crippen LogP contribution in [-0.4, -0.2) is 36.6 Å². The number of aliphatic hydroxyl groups is 1. The molecule has 1 saturated carbocycles. The van der Waals surface area contributed by atoms with Crippen LogP contribution in [0.3, 0.4) is 0 Å². The minimum atomic E-state index is -0.431. The quantitative estimate of drug-likeness (QED) is 0.697. The molecule has 0 aliphatic heterocycles. The van der Waals surface area contributed by atoms with E-state index < -0.39 is 5.41 Å². The van der Waals surface area contributed by atoms with Crippen LogP contribution < -0.4 is 10.6 Å². The van der Waals surface area contributed by atoms with E-state index >= 15 is 0 Å². The Kier molecular flexibility index (Phi) is 6.65. The number of aliphatic hydroxyl groups excluding tert-OH is 1. The van der Waals surface area contributed by atoms with Gasteiger partial charge in [-0.05, 0) is 12.8 Å². The molecule has 122 valence electrons. The van der Waals surface area contributed by atoms with Gasteiger partial charge in [0, 0.05) is 30.3 Å². The molecule has 0 spiro atoms. The highest BCUT2D eigenvalue weighted by atomic mass is 16.3. The monoisotopic (exact) mass is 298 g/mol. The van der Waals surface area contributed by atoms with Crippen molar-refractivity contribution in [1.82, 2.24) is 10.6 Å². The second kappa shape index (κ2) is 7.78. The number of carbonyl (C=O) groups is 2. The SMILES string of the molecule is CC(C)(C)C(=O)NCCC(=O)NCC1(CO)CCCCC1. The predicted octanol–water partition coefficient (Wildman–Crippen LogP) is 1.60. The Balaban J connectivity index is 2.26. The van der Waals surface area contributed by atoms with Crippen LogP contribution in [0.4, 0.5) is 0 Å². The first-order valence-corrected chi connectivity index (χ1v) is 7.95. The van der Waals surface area contributed by atoms with Gasteiger partial charge in [0.2, 0.25) is 11.8 Å². The van der Waals surface area contributed by atoms with Crippen LogP contribution in [0.1, 0.15) is 59.3 Å². The predicted molar refractivity (Wildman–Crippen MR) is 82.7 cm³/mol. The van der Waals surface area contributed by atoms with Crippen molar-refractivity contribution in [3.8, 4) is 0 Å². The molecule has 2 amide bonds. The zero-order valence-corrected chi connectivity index (χ0v) is 13.6. The van der Waals surface area contributed by atoms with Crippen LogP contribution >= 0.6 is 0 Å². The van der Waals surface area contributed by atoms with Gasteiger partial charge < -0.3 is 15.7 Å². The van der Waals surface area contributed by atoms with Gasteiger partial charge in [0.1, 0.15) is 0 Å². The van der Waals surface area contributed by atoms with Crippen molar-refractivity contribution in [1.29, 1.82) is 0 Å². The third kappa shape index (κ3) is 6.04. The van der Waals surface area contributed by atoms with E-state index in [0.29, 0.717) is 13.1 Å². The Morgan fingerprint density at radius 3 is 2.24 bits per heavy atom. The normalized spacial score (nSPS) is 18.1. The molecule has 21 heavy (non-hydrogen) atoms. The fraction of sp³-hybridized carbons (Fsp3) is 0.875. The average Bonchev–Trinajstić information content (AvgIpc) is 2.45. The van der Waals surface area contributed by atoms with E-state index in [0.717, 1.165) is 25.7 Å². The Bertz CT molecular complexity index is 355. The molecule has 5 heteroatoms. The van der Waals surface area contributed by atoms with Crippen LogP contribution in [0.15, 0.2) is 0 Å². The zero-order chi connectivity index (χ0) is 15.9. The summed E-state index contributed by atoms with van der Waals surface area (Å²) in [4.78, 5) is 23.5. The van der Waals surface area contributed by atoms with Crippen LogP contribution in [0.25, 0.3) is 0 Å². The first-order chi connectivity index (χ1) is 9.79. The van der Waals surface area contributed by atoms with Crippen molar-refractivity contribution < 1.29 is 14.7 Å². The second-order valence-corrected chi connectivity index (χ2v) is 7.25. The van der Waals surface area contributed by atoms with Crippen molar-refractivity contribution in [2.75, 3.05) is 19.7 Å². The molecule has 1 rings (SSSR count). The minimum Gasteiger partial charge on any atom is -0.396 e. The molecule has 0 aromatic rings. The Hall–Kier alpha value is -1.10. The molecule has 0 heterocycles. The largest absolute Gasteiger partial charge is 0.396 e. The average molecular weight is 298 g/mol. The highest BCUT2D eigenvalue weighted by Gasteiger charge is 2.31. The lowest BCUT2D eigenvalue weighted by molar-refractivity contribution is -0.128. The summed E-state index contributed by atoms with van der Waals surface area (Å²) in [5.41, 5.74) is -0.567. The lowest BCUT2D eigenvalue weighted by Crippen LogP contribution is -2.42. The number of rotatable bonds is 6. The van der Waals surface area contributed by atoms with Gasteiger partial charge in [-0.25, -0.2) is 0 Å². The summed E-state index contributed by atoms with van der Waals surface area (Å²) in [7, 11) is 0. The molecule has 0 aromatic carbocycles. The standard InChI is InChI=1S/C16H30N2O3/c1-15(2,3)14(21)17-10-7-13(20)18-11-16(12-19)8-5-4-6-9-16/h19H,4-12H2,1-3H3,(H,17,21)(H,18,20). The van der Waals surface area contributed by atoms with Crippen molar-refractivity contribution in [3.05, 3.63) is 0 Å². The third-order valence-electron chi connectivity index (χ3n) is 4.23. The maximum atomic E-state index is 11.8. The van der Waals surface area contributed by atoms with E-state index in [1.54, 1.807) is 0 Å². The molecule has 3 N–H and O–H groups in total. The molecule has 0 unspecified atom stereocenters. The van der Waals surface area contributed by atoms with Crippen LogP contribution in [0.2, 0.25) is 0 Å². The highest BCUT2D eigenvalue weighted by Crippen LogP contribution is 2.35. The van der Waals surface area contributed by atoms with Gasteiger partial charge in [-0.1, -0.05) is 40.0 Å². The molecule has 5 nitrogen and oxygen atoms in total. The van der Waals surface area contributed by atoms with Crippen molar-refractivity contribution >= 4 is 11.8 Å². The lowest BCUT2D eigenvalue weighted by atomic mass is 9.74. The fourth-order valence-electron chi connectivity index (χ4n) is 2.62. The molecule has 0 bridgehead atoms. The van der Waals surface area contributed by atoms with Gasteiger partial charge in [-0.15, -0.1) is 0 Å². The Labute approximate surface area is 127 Å². The summed E-state index contributed by atoms with van der Waals surface area (Å²) < 4.78 is 0. The van der Waals surface area contributed by atoms with E-state index in [1.807, 2.05) is 20.8 Å². The first kappa shape index (κ1) is 18.0. The van der Waals surface area contributed by atoms with Gasteiger partial charge in [-0.3, -0.25) is 9.59 Å². The summed E-state index contributed by atoms with van der Waals surface area (Å²) >= 11 is 0. The molecule has 0 radical (unpaired) electrons. The van der Waals surface area contributed by atoms with E-state index in [2.05, 4.69) is 10.6 Å². The smallest absolute Gasteiger partial charge is 0.225 e. The summed E-state index contributed by atoms with van der Waals surface area (Å²) in [6.45, 7) is 6.56. The second-order valence-electron chi connectivity index (χ2n) is 7.25. The van der Waals surface area contributed by atoms with Gasteiger partial charge in [0.05, 0.1) is 6.61 Å². The van der Waals surface area contributed by atoms with Crippen LogP contribution in [0.5, 0.6) is 0 Å². The lowest BCUT2D eigenvalue weighted by Gasteiger charge is -2.35. The van der Waals surface area contributed by atoms with E-state index in [9.17, 15) is 14.7 Å². The maximum Gasteiger partial charge on any atom is 0.225 e. The van der Waals surface area contributed by atoms with E-state index in [1.165, 1.54) is 6.42 Å². The van der Waals surface area contributed by atoms with Gasteiger partial charge in [-0.2, -0.15) is 0 Å². The number of hydrogen-bond donors (Lipinski definition) is 3. The fourth-order valence-corrected chi connectivity index (χ4v) is 2.62. The topological polar surface area (TPSA) is 78.4 Å². The van der Waals surface area contributed by atoms with Gasteiger partial charge in [0.25, 0.3) is 0 Å². The minimum absolute atomic E-state index is 0.0468. The zero-order valence-electron chi connectivity index (χ0n) is 13.6. The molecule has 1 aliphatic rings. The summed E-state index contributed by atoms with van der Waals surface area (Å²) in [5, 5.41) is 15.3. The van der Waals surface area contributed by atoms with Crippen molar-refractivity contribution in [2.24, 2.45) is 10.8 Å². The molecule has 1 aliphatic carbocycles. The first-order valence-electron chi connectivity index (χ1n) is 7.95. The molecule has 1 fully saturated rings. The van der Waals surface area contributed by atoms with Crippen molar-refractivity contribution in [3.63, 3.8) is 0 Å². The molecule has 0 atom stereocenters. The maximum absolute atomic E-state index is 11.8. The Morgan fingerprint density at radius 1 is 1.10 bits per heavy atom. The number of nitrogens with one attached hydrogen (secondary N) is 2. The molecular formula is C16H30N2O3. The molecular weight excluding hydrogens is 268 g/mol. The summed E-state index contributed by atoms with van der Waals surface area (Å²) in [6, 6.07) is 0. The van der Waals surface area contributed by atoms with E-state index in [-0.39, 0.29) is 30.3 Å². The summed E-state index contributed by atoms with van der Waals surface area (Å²) in [5.74, 6) is -0.114. The number of amides is 2. The van der Waals surface area contributed by atoms with Crippen LogP contribution in [-0.2, 0) is 9.59 Å². The highest BCUT2D eigenvalue weighted by molar-refractivity contribution is 5.82. The van der Waals surface area contributed by atoms with Gasteiger partial charge in [0.15, 0.2) is 0 Å². The number of carbonyl (C=O) groups excluding carboxylic acids is 2. The molecule has 0 saturated heterocycles. The van der Waals surface area contributed by atoms with Crippen molar-refractivity contribution in [2.45, 2.75) is 59.3 Å². The third-order valence-corrected chi connectivity index (χ3v) is 4.23. The Morgan fingerprint density at radius 2 is 1.71 bits per heavy atom. The number of hydrogen-bond acceptors (Lipinski definition) is 3. The van der Waals surface area contributed by atoms with E-state index in [4.69, 9.17) is 0 Å². The van der Waals surface area contributed by atoms with Crippen LogP contribution in [0, 0.1) is 10.8 Å². The molecule has 0 aromatic heterocycles.